The van der Waals surface area contributed by atoms with Gasteiger partial charge in [0.25, 0.3) is 0 Å². The molecule has 59 heavy (non-hydrogen) atoms. The van der Waals surface area contributed by atoms with Gasteiger partial charge in [0.2, 0.25) is 0 Å². The first-order valence-corrected chi connectivity index (χ1v) is 20.5. The van der Waals surface area contributed by atoms with Crippen molar-refractivity contribution in [3.63, 3.8) is 0 Å². The van der Waals surface area contributed by atoms with Crippen LogP contribution in [0.4, 0.5) is 4.79 Å². The third kappa shape index (κ3) is 7.90. The Bertz CT molecular complexity index is 2610. The highest BCUT2D eigenvalue weighted by Gasteiger charge is 2.29. The van der Waals surface area contributed by atoms with Gasteiger partial charge in [-0.05, 0) is 215 Å². The van der Waals surface area contributed by atoms with Crippen LogP contribution in [-0.4, -0.2) is 27.1 Å². The lowest BCUT2D eigenvalue weighted by molar-refractivity contribution is 0.0203. The van der Waals surface area contributed by atoms with Crippen molar-refractivity contribution in [2.75, 3.05) is 0 Å². The summed E-state index contributed by atoms with van der Waals surface area (Å²) in [7, 11) is 0. The van der Waals surface area contributed by atoms with Gasteiger partial charge in [0.05, 0.1) is 0 Å². The highest BCUT2D eigenvalue weighted by molar-refractivity contribution is 5.85. The summed E-state index contributed by atoms with van der Waals surface area (Å²) in [5.41, 5.74) is 16.6. The van der Waals surface area contributed by atoms with Crippen LogP contribution in [0.1, 0.15) is 133 Å². The lowest BCUT2D eigenvalue weighted by Gasteiger charge is -2.28. The fraction of sp³-hybridized carbons (Fsp3) is 0.340. The van der Waals surface area contributed by atoms with E-state index in [2.05, 4.69) is 88.4 Å². The topological polar surface area (TPSA) is 96.2 Å². The van der Waals surface area contributed by atoms with Crippen molar-refractivity contribution >= 4 is 16.9 Å². The van der Waals surface area contributed by atoms with E-state index in [-0.39, 0.29) is 11.8 Å². The van der Waals surface area contributed by atoms with Crippen LogP contribution in [-0.2, 0) is 4.74 Å². The van der Waals surface area contributed by atoms with Gasteiger partial charge < -0.3 is 24.8 Å². The van der Waals surface area contributed by atoms with Crippen LogP contribution < -0.4 is 4.74 Å². The van der Waals surface area contributed by atoms with Crippen molar-refractivity contribution in [2.45, 2.75) is 121 Å². The summed E-state index contributed by atoms with van der Waals surface area (Å²) in [4.78, 5) is 12.9. The van der Waals surface area contributed by atoms with E-state index in [9.17, 15) is 20.1 Å². The molecule has 6 aromatic carbocycles. The van der Waals surface area contributed by atoms with Crippen LogP contribution >= 0.6 is 0 Å². The smallest absolute Gasteiger partial charge is 0.507 e. The van der Waals surface area contributed by atoms with Crippen LogP contribution in [0.5, 0.6) is 23.0 Å². The van der Waals surface area contributed by atoms with E-state index in [4.69, 9.17) is 9.47 Å². The molecule has 1 atom stereocenters. The zero-order valence-corrected chi connectivity index (χ0v) is 37.5. The molecule has 0 spiro atoms. The summed E-state index contributed by atoms with van der Waals surface area (Å²) >= 11 is 0. The Morgan fingerprint density at radius 2 is 0.797 bits per heavy atom. The average Bonchev–Trinajstić information content (AvgIpc) is 3.17. The summed E-state index contributed by atoms with van der Waals surface area (Å²) in [5.74, 6) is 1.02. The second-order valence-electron chi connectivity index (χ2n) is 17.8. The number of benzene rings is 6. The summed E-state index contributed by atoms with van der Waals surface area (Å²) in [6.07, 6.45) is -0.739. The molecule has 0 aromatic heterocycles. The first-order chi connectivity index (χ1) is 27.5. The number of hydrogen-bond donors (Lipinski definition) is 3. The van der Waals surface area contributed by atoms with Gasteiger partial charge in [-0.3, -0.25) is 0 Å². The number of phenols is 3. The number of rotatable bonds is 7. The number of aryl methyl sites for hydroxylation is 4. The molecule has 0 aliphatic rings. The molecular formula is C53H60O6. The maximum absolute atomic E-state index is 12.9. The van der Waals surface area contributed by atoms with Crippen molar-refractivity contribution < 1.29 is 29.6 Å². The lowest BCUT2D eigenvalue weighted by Crippen LogP contribution is -2.26. The van der Waals surface area contributed by atoms with Gasteiger partial charge in [0.15, 0.2) is 0 Å². The van der Waals surface area contributed by atoms with Gasteiger partial charge >= 0.3 is 6.16 Å². The summed E-state index contributed by atoms with van der Waals surface area (Å²) < 4.78 is 11.4. The average molecular weight is 793 g/mol. The van der Waals surface area contributed by atoms with Gasteiger partial charge in [0.1, 0.15) is 28.6 Å². The highest BCUT2D eigenvalue weighted by atomic mass is 16.7. The zero-order valence-electron chi connectivity index (χ0n) is 37.5. The van der Waals surface area contributed by atoms with E-state index < -0.39 is 11.8 Å². The minimum Gasteiger partial charge on any atom is -0.507 e. The summed E-state index contributed by atoms with van der Waals surface area (Å²) in [6.45, 7) is 29.5. The van der Waals surface area contributed by atoms with Gasteiger partial charge in [-0.15, -0.1) is 0 Å². The molecular weight excluding hydrogens is 733 g/mol. The third-order valence-corrected chi connectivity index (χ3v) is 12.7. The number of phenolic OH excluding ortho intramolecular Hbond substituents is 3. The van der Waals surface area contributed by atoms with E-state index in [0.717, 1.165) is 111 Å². The van der Waals surface area contributed by atoms with Crippen molar-refractivity contribution in [2.24, 2.45) is 0 Å². The number of hydrogen-bond acceptors (Lipinski definition) is 6. The minimum atomic E-state index is -0.739. The molecule has 0 aliphatic heterocycles. The van der Waals surface area contributed by atoms with Crippen molar-refractivity contribution in [3.05, 3.63) is 161 Å². The first-order valence-electron chi connectivity index (χ1n) is 20.5. The lowest BCUT2D eigenvalue weighted by atomic mass is 9.76. The molecule has 0 amide bonds. The Kier molecular flexibility index (Phi) is 11.5. The largest absolute Gasteiger partial charge is 0.514 e. The number of aromatic hydroxyl groups is 3. The molecule has 0 radical (unpaired) electrons. The van der Waals surface area contributed by atoms with Crippen LogP contribution in [0.15, 0.2) is 60.7 Å². The van der Waals surface area contributed by atoms with E-state index in [1.54, 1.807) is 0 Å². The monoisotopic (exact) mass is 792 g/mol. The molecule has 308 valence electrons. The predicted molar refractivity (Wildman–Crippen MR) is 240 cm³/mol. The summed E-state index contributed by atoms with van der Waals surface area (Å²) in [6, 6.07) is 21.8. The van der Waals surface area contributed by atoms with E-state index >= 15 is 0 Å². The Morgan fingerprint density at radius 3 is 1.15 bits per heavy atom. The minimum absolute atomic E-state index is 0.176. The van der Waals surface area contributed by atoms with Crippen molar-refractivity contribution in [3.8, 4) is 23.0 Å². The van der Waals surface area contributed by atoms with E-state index in [1.165, 1.54) is 0 Å². The Hall–Kier alpha value is -5.75. The van der Waals surface area contributed by atoms with Crippen molar-refractivity contribution in [1.29, 1.82) is 0 Å². The number of fused-ring (bicyclic) bond motifs is 1. The normalized spacial score (nSPS) is 12.3. The predicted octanol–water partition coefficient (Wildman–Crippen LogP) is 13.3. The molecule has 6 rings (SSSR count). The molecule has 6 heteroatoms. The molecule has 6 nitrogen and oxygen atoms in total. The van der Waals surface area contributed by atoms with Gasteiger partial charge in [-0.25, -0.2) is 4.79 Å². The second-order valence-corrected chi connectivity index (χ2v) is 17.8. The number of carbonyl (C=O) groups is 1. The molecule has 1 unspecified atom stereocenters. The standard InChI is InChI=1S/C53H60O6/c1-26-20-42(30(5)34(9)48(26)54)46(43-21-27(2)49(55)35(10)31(43)6)39-18-16-38-17-19-40(25-41(38)24-39)47(44-22-28(3)50(56)36(11)32(44)7)45-23-29(4)51(37(12)33(45)8)58-52(57)59-53(13,14)15/h16-25,46-47,54-56H,1-15H3. The summed E-state index contributed by atoms with van der Waals surface area (Å²) in [5, 5.41) is 35.1. The molecule has 0 fully saturated rings. The second kappa shape index (κ2) is 15.8. The van der Waals surface area contributed by atoms with E-state index in [1.807, 2.05) is 76.2 Å². The highest BCUT2D eigenvalue weighted by Crippen LogP contribution is 2.46. The van der Waals surface area contributed by atoms with Gasteiger partial charge in [-0.2, -0.15) is 0 Å². The fourth-order valence-electron chi connectivity index (χ4n) is 8.80. The van der Waals surface area contributed by atoms with Crippen LogP contribution in [0.3, 0.4) is 0 Å². The third-order valence-electron chi connectivity index (χ3n) is 12.7. The Morgan fingerprint density at radius 1 is 0.458 bits per heavy atom. The number of carbonyl (C=O) groups excluding carboxylic acids is 1. The zero-order chi connectivity index (χ0) is 43.6. The molecule has 0 heterocycles. The maximum atomic E-state index is 12.9. The van der Waals surface area contributed by atoms with E-state index in [0.29, 0.717) is 23.0 Å². The SMILES string of the molecule is Cc1cc(C(c2ccc3ccc(C(c4cc(C)c(O)c(C)c4C)c4cc(C)c(OC(=O)OC(C)(C)C)c(C)c4C)cc3c2)c2cc(C)c(O)c(C)c2C)c(C)c(C)c1O. The van der Waals surface area contributed by atoms with Gasteiger partial charge in [-0.1, -0.05) is 60.7 Å². The van der Waals surface area contributed by atoms with Crippen LogP contribution in [0, 0.1) is 83.1 Å². The van der Waals surface area contributed by atoms with Crippen LogP contribution in [0.25, 0.3) is 10.8 Å². The van der Waals surface area contributed by atoms with Gasteiger partial charge in [0, 0.05) is 11.8 Å². The molecule has 0 bridgehead atoms. The Labute approximate surface area is 350 Å². The number of ether oxygens (including phenoxy) is 2. The quantitative estimate of drug-likeness (QED) is 0.0846. The molecule has 6 aromatic rings. The molecule has 0 aliphatic carbocycles. The van der Waals surface area contributed by atoms with Crippen molar-refractivity contribution in [1.82, 2.24) is 0 Å². The molecule has 0 saturated carbocycles. The maximum Gasteiger partial charge on any atom is 0.514 e. The molecule has 3 N–H and O–H groups in total. The Balaban J connectivity index is 1.61. The fourth-order valence-corrected chi connectivity index (χ4v) is 8.80. The molecule has 0 saturated heterocycles. The first kappa shape index (κ1) is 42.8. The van der Waals surface area contributed by atoms with Crippen LogP contribution in [0.2, 0.25) is 0 Å².